The van der Waals surface area contributed by atoms with Gasteiger partial charge in [-0.05, 0) is 40.4 Å². The molecule has 0 saturated heterocycles. The molecule has 1 atom stereocenters. The van der Waals surface area contributed by atoms with E-state index in [4.69, 9.17) is 5.73 Å². The van der Waals surface area contributed by atoms with Crippen LogP contribution >= 0.6 is 27.3 Å². The maximum Gasteiger partial charge on any atom is 0.0570 e. The van der Waals surface area contributed by atoms with Gasteiger partial charge in [-0.1, -0.05) is 30.3 Å². The van der Waals surface area contributed by atoms with Crippen LogP contribution in [0.25, 0.3) is 0 Å². The SMILES string of the molecule is NCC(c1cc(Br)cs1)N(Cc1ccccc1)C1CC1. The van der Waals surface area contributed by atoms with Crippen LogP contribution in [-0.2, 0) is 6.54 Å². The van der Waals surface area contributed by atoms with Gasteiger partial charge in [0.15, 0.2) is 0 Å². The van der Waals surface area contributed by atoms with Gasteiger partial charge in [0.05, 0.1) is 6.04 Å². The lowest BCUT2D eigenvalue weighted by Crippen LogP contribution is -2.34. The Bertz CT molecular complexity index is 551. The first-order chi connectivity index (χ1) is 9.78. The van der Waals surface area contributed by atoms with Crippen LogP contribution < -0.4 is 5.73 Å². The van der Waals surface area contributed by atoms with E-state index in [0.717, 1.165) is 11.0 Å². The van der Waals surface area contributed by atoms with E-state index in [1.165, 1.54) is 23.3 Å². The molecular formula is C16H19BrN2S. The molecule has 1 aromatic carbocycles. The van der Waals surface area contributed by atoms with Gasteiger partial charge in [-0.15, -0.1) is 11.3 Å². The summed E-state index contributed by atoms with van der Waals surface area (Å²) in [7, 11) is 0. The lowest BCUT2D eigenvalue weighted by molar-refractivity contribution is 0.184. The van der Waals surface area contributed by atoms with E-state index in [0.29, 0.717) is 18.6 Å². The molecule has 1 aliphatic rings. The number of nitrogens with two attached hydrogens (primary N) is 1. The third kappa shape index (κ3) is 3.31. The van der Waals surface area contributed by atoms with Gasteiger partial charge in [-0.25, -0.2) is 0 Å². The molecule has 2 nitrogen and oxygen atoms in total. The normalized spacial score (nSPS) is 16.6. The minimum atomic E-state index is 0.332. The molecule has 0 aliphatic heterocycles. The summed E-state index contributed by atoms with van der Waals surface area (Å²) in [4.78, 5) is 3.94. The Kier molecular flexibility index (Phi) is 4.56. The zero-order valence-corrected chi connectivity index (χ0v) is 13.7. The second-order valence-corrected chi connectivity index (χ2v) is 7.17. The molecule has 1 aromatic heterocycles. The molecule has 20 heavy (non-hydrogen) atoms. The molecule has 4 heteroatoms. The van der Waals surface area contributed by atoms with Crippen LogP contribution in [0.2, 0.25) is 0 Å². The first-order valence-corrected chi connectivity index (χ1v) is 8.69. The molecule has 0 bridgehead atoms. The third-order valence-electron chi connectivity index (χ3n) is 3.76. The highest BCUT2D eigenvalue weighted by atomic mass is 79.9. The Labute approximate surface area is 132 Å². The van der Waals surface area contributed by atoms with E-state index >= 15 is 0 Å². The minimum absolute atomic E-state index is 0.332. The van der Waals surface area contributed by atoms with Crippen molar-refractivity contribution >= 4 is 27.3 Å². The number of nitrogens with zero attached hydrogens (tertiary/aromatic N) is 1. The van der Waals surface area contributed by atoms with E-state index in [1.807, 2.05) is 0 Å². The first-order valence-electron chi connectivity index (χ1n) is 7.01. The summed E-state index contributed by atoms with van der Waals surface area (Å²) in [6.07, 6.45) is 2.60. The van der Waals surface area contributed by atoms with Crippen molar-refractivity contribution in [3.63, 3.8) is 0 Å². The summed E-state index contributed by atoms with van der Waals surface area (Å²) >= 11 is 5.35. The van der Waals surface area contributed by atoms with Crippen LogP contribution in [-0.4, -0.2) is 17.5 Å². The predicted octanol–water partition coefficient (Wildman–Crippen LogP) is 4.18. The van der Waals surface area contributed by atoms with Crippen molar-refractivity contribution in [2.75, 3.05) is 6.54 Å². The van der Waals surface area contributed by atoms with Gasteiger partial charge < -0.3 is 5.73 Å². The minimum Gasteiger partial charge on any atom is -0.329 e. The third-order valence-corrected chi connectivity index (χ3v) is 5.56. The van der Waals surface area contributed by atoms with Crippen molar-refractivity contribution in [2.24, 2.45) is 5.73 Å². The Morgan fingerprint density at radius 2 is 2.05 bits per heavy atom. The van der Waals surface area contributed by atoms with Gasteiger partial charge in [0.1, 0.15) is 0 Å². The Hall–Kier alpha value is -0.680. The number of hydrogen-bond donors (Lipinski definition) is 1. The second kappa shape index (κ2) is 6.39. The molecule has 1 heterocycles. The average Bonchev–Trinajstić information content (AvgIpc) is 3.23. The quantitative estimate of drug-likeness (QED) is 0.846. The van der Waals surface area contributed by atoms with E-state index in [2.05, 4.69) is 62.6 Å². The van der Waals surface area contributed by atoms with Crippen molar-refractivity contribution < 1.29 is 0 Å². The van der Waals surface area contributed by atoms with Gasteiger partial charge in [0.25, 0.3) is 0 Å². The van der Waals surface area contributed by atoms with Crippen molar-refractivity contribution in [3.05, 3.63) is 56.7 Å². The Morgan fingerprint density at radius 1 is 1.30 bits per heavy atom. The summed E-state index contributed by atoms with van der Waals surface area (Å²) in [5.41, 5.74) is 7.45. The van der Waals surface area contributed by atoms with E-state index in [9.17, 15) is 0 Å². The molecule has 106 valence electrons. The van der Waals surface area contributed by atoms with Gasteiger partial charge in [-0.2, -0.15) is 0 Å². The predicted molar refractivity (Wildman–Crippen MR) is 88.8 cm³/mol. The number of halogens is 1. The number of hydrogen-bond acceptors (Lipinski definition) is 3. The van der Waals surface area contributed by atoms with Crippen molar-refractivity contribution in [2.45, 2.75) is 31.5 Å². The lowest BCUT2D eigenvalue weighted by atomic mass is 10.1. The summed E-state index contributed by atoms with van der Waals surface area (Å²) < 4.78 is 1.16. The molecule has 0 radical (unpaired) electrons. The molecule has 0 amide bonds. The van der Waals surface area contributed by atoms with Crippen LogP contribution in [0.1, 0.15) is 29.3 Å². The maximum absolute atomic E-state index is 6.08. The fourth-order valence-corrected chi connectivity index (χ4v) is 4.19. The molecule has 0 spiro atoms. The number of thiophene rings is 1. The number of benzene rings is 1. The average molecular weight is 351 g/mol. The van der Waals surface area contributed by atoms with Crippen LogP contribution in [0.5, 0.6) is 0 Å². The molecule has 1 saturated carbocycles. The van der Waals surface area contributed by atoms with Crippen LogP contribution in [0.3, 0.4) is 0 Å². The Morgan fingerprint density at radius 3 is 2.60 bits per heavy atom. The Balaban J connectivity index is 1.81. The smallest absolute Gasteiger partial charge is 0.0570 e. The summed E-state index contributed by atoms with van der Waals surface area (Å²) in [6.45, 7) is 1.67. The lowest BCUT2D eigenvalue weighted by Gasteiger charge is -2.30. The first kappa shape index (κ1) is 14.3. The van der Waals surface area contributed by atoms with Crippen molar-refractivity contribution in [3.8, 4) is 0 Å². The zero-order chi connectivity index (χ0) is 13.9. The van der Waals surface area contributed by atoms with E-state index in [1.54, 1.807) is 11.3 Å². The fourth-order valence-electron chi connectivity index (χ4n) is 2.61. The largest absolute Gasteiger partial charge is 0.329 e. The van der Waals surface area contributed by atoms with Crippen molar-refractivity contribution in [1.82, 2.24) is 4.90 Å². The van der Waals surface area contributed by atoms with Crippen LogP contribution in [0, 0.1) is 0 Å². The molecular weight excluding hydrogens is 332 g/mol. The fraction of sp³-hybridized carbons (Fsp3) is 0.375. The van der Waals surface area contributed by atoms with E-state index < -0.39 is 0 Å². The standard InChI is InChI=1S/C16H19BrN2S/c17-13-8-16(20-11-13)15(9-18)19(14-6-7-14)10-12-4-2-1-3-5-12/h1-5,8,11,14-15H,6-7,9-10,18H2. The molecule has 3 rings (SSSR count). The topological polar surface area (TPSA) is 29.3 Å². The monoisotopic (exact) mass is 350 g/mol. The van der Waals surface area contributed by atoms with Gasteiger partial charge in [0.2, 0.25) is 0 Å². The maximum atomic E-state index is 6.08. The van der Waals surface area contributed by atoms with Crippen molar-refractivity contribution in [1.29, 1.82) is 0 Å². The van der Waals surface area contributed by atoms with Crippen LogP contribution in [0.4, 0.5) is 0 Å². The van der Waals surface area contributed by atoms with Gasteiger partial charge >= 0.3 is 0 Å². The molecule has 1 aliphatic carbocycles. The molecule has 2 aromatic rings. The molecule has 1 fully saturated rings. The van der Waals surface area contributed by atoms with E-state index in [-0.39, 0.29) is 0 Å². The van der Waals surface area contributed by atoms with Crippen LogP contribution in [0.15, 0.2) is 46.3 Å². The molecule has 2 N–H and O–H groups in total. The second-order valence-electron chi connectivity index (χ2n) is 5.31. The summed E-state index contributed by atoms with van der Waals surface area (Å²) in [6, 6.07) is 13.9. The van der Waals surface area contributed by atoms with Gasteiger partial charge in [0, 0.05) is 33.9 Å². The summed E-state index contributed by atoms with van der Waals surface area (Å²) in [5.74, 6) is 0. The highest BCUT2D eigenvalue weighted by Gasteiger charge is 2.34. The highest BCUT2D eigenvalue weighted by Crippen LogP contribution is 2.37. The van der Waals surface area contributed by atoms with Gasteiger partial charge in [-0.3, -0.25) is 4.90 Å². The highest BCUT2D eigenvalue weighted by molar-refractivity contribution is 9.10. The molecule has 1 unspecified atom stereocenters. The number of rotatable bonds is 6. The zero-order valence-electron chi connectivity index (χ0n) is 11.3. The summed E-state index contributed by atoms with van der Waals surface area (Å²) in [5, 5.41) is 2.14.